The molecule has 1 fully saturated rings. The maximum absolute atomic E-state index is 6.16. The van der Waals surface area contributed by atoms with Crippen LogP contribution < -0.4 is 5.73 Å². The van der Waals surface area contributed by atoms with Crippen molar-refractivity contribution in [1.29, 1.82) is 0 Å². The SMILES string of the molecule is Cc1cncc(C(N)C2(C)CC2)c1. The van der Waals surface area contributed by atoms with Gasteiger partial charge < -0.3 is 5.73 Å². The molecule has 1 saturated carbocycles. The Morgan fingerprint density at radius 1 is 1.46 bits per heavy atom. The summed E-state index contributed by atoms with van der Waals surface area (Å²) in [6.45, 7) is 4.30. The van der Waals surface area contributed by atoms with E-state index in [2.05, 4.69) is 24.9 Å². The number of hydrogen-bond acceptors (Lipinski definition) is 2. The molecule has 1 aromatic rings. The van der Waals surface area contributed by atoms with Crippen LogP contribution in [-0.4, -0.2) is 4.98 Å². The van der Waals surface area contributed by atoms with Crippen LogP contribution in [-0.2, 0) is 0 Å². The Kier molecular flexibility index (Phi) is 1.88. The molecule has 0 aliphatic heterocycles. The predicted molar refractivity (Wildman–Crippen MR) is 53.2 cm³/mol. The van der Waals surface area contributed by atoms with Crippen molar-refractivity contribution in [2.75, 3.05) is 0 Å². The van der Waals surface area contributed by atoms with Gasteiger partial charge >= 0.3 is 0 Å². The Balaban J connectivity index is 2.25. The molecule has 1 aromatic heterocycles. The molecule has 1 heterocycles. The van der Waals surface area contributed by atoms with Gasteiger partial charge in [-0.3, -0.25) is 4.98 Å². The van der Waals surface area contributed by atoms with Gasteiger partial charge in [-0.05, 0) is 36.3 Å². The summed E-state index contributed by atoms with van der Waals surface area (Å²) >= 11 is 0. The van der Waals surface area contributed by atoms with Crippen LogP contribution in [0.25, 0.3) is 0 Å². The minimum absolute atomic E-state index is 0.167. The van der Waals surface area contributed by atoms with Crippen LogP contribution in [0.1, 0.15) is 36.9 Å². The first-order valence-electron chi connectivity index (χ1n) is 4.79. The number of nitrogens with two attached hydrogens (primary N) is 1. The summed E-state index contributed by atoms with van der Waals surface area (Å²) in [5.74, 6) is 0. The lowest BCUT2D eigenvalue weighted by Gasteiger charge is -2.18. The Morgan fingerprint density at radius 2 is 2.15 bits per heavy atom. The van der Waals surface area contributed by atoms with Crippen molar-refractivity contribution in [3.8, 4) is 0 Å². The van der Waals surface area contributed by atoms with Gasteiger partial charge in [-0.25, -0.2) is 0 Å². The molecule has 1 unspecified atom stereocenters. The van der Waals surface area contributed by atoms with Crippen molar-refractivity contribution in [2.24, 2.45) is 11.1 Å². The van der Waals surface area contributed by atoms with Gasteiger partial charge in [-0.1, -0.05) is 13.0 Å². The molecule has 0 amide bonds. The van der Waals surface area contributed by atoms with E-state index in [-0.39, 0.29) is 6.04 Å². The molecule has 70 valence electrons. The monoisotopic (exact) mass is 176 g/mol. The Labute approximate surface area is 79.2 Å². The van der Waals surface area contributed by atoms with Crippen LogP contribution in [0.3, 0.4) is 0 Å². The molecule has 0 saturated heterocycles. The second-order valence-electron chi connectivity index (χ2n) is 4.43. The average Bonchev–Trinajstić information content (AvgIpc) is 2.84. The smallest absolute Gasteiger partial charge is 0.0364 e. The van der Waals surface area contributed by atoms with Crippen molar-refractivity contribution in [3.05, 3.63) is 29.6 Å². The number of aromatic nitrogens is 1. The van der Waals surface area contributed by atoms with Crippen molar-refractivity contribution in [2.45, 2.75) is 32.7 Å². The molecular weight excluding hydrogens is 160 g/mol. The summed E-state index contributed by atoms with van der Waals surface area (Å²) in [5.41, 5.74) is 8.88. The maximum Gasteiger partial charge on any atom is 0.0364 e. The first-order chi connectivity index (χ1) is 6.12. The van der Waals surface area contributed by atoms with Crippen molar-refractivity contribution >= 4 is 0 Å². The second kappa shape index (κ2) is 2.81. The van der Waals surface area contributed by atoms with Crippen LogP contribution in [0.15, 0.2) is 18.5 Å². The highest BCUT2D eigenvalue weighted by Crippen LogP contribution is 2.53. The van der Waals surface area contributed by atoms with E-state index < -0.39 is 0 Å². The number of hydrogen-bond donors (Lipinski definition) is 1. The van der Waals surface area contributed by atoms with E-state index in [0.29, 0.717) is 5.41 Å². The topological polar surface area (TPSA) is 38.9 Å². The summed E-state index contributed by atoms with van der Waals surface area (Å²) < 4.78 is 0. The van der Waals surface area contributed by atoms with Gasteiger partial charge in [0.25, 0.3) is 0 Å². The highest BCUT2D eigenvalue weighted by Gasteiger charge is 2.43. The minimum Gasteiger partial charge on any atom is -0.323 e. The molecule has 0 aromatic carbocycles. The van der Waals surface area contributed by atoms with E-state index in [9.17, 15) is 0 Å². The molecule has 2 N–H and O–H groups in total. The Morgan fingerprint density at radius 3 is 2.69 bits per heavy atom. The fourth-order valence-corrected chi connectivity index (χ4v) is 1.66. The lowest BCUT2D eigenvalue weighted by atomic mass is 9.93. The largest absolute Gasteiger partial charge is 0.323 e. The Bertz CT molecular complexity index is 316. The van der Waals surface area contributed by atoms with Gasteiger partial charge in [-0.2, -0.15) is 0 Å². The molecule has 13 heavy (non-hydrogen) atoms. The van der Waals surface area contributed by atoms with Gasteiger partial charge in [0.1, 0.15) is 0 Å². The molecule has 1 aliphatic carbocycles. The molecule has 2 nitrogen and oxygen atoms in total. The predicted octanol–water partition coefficient (Wildman–Crippen LogP) is 2.19. The quantitative estimate of drug-likeness (QED) is 0.750. The van der Waals surface area contributed by atoms with Crippen LogP contribution >= 0.6 is 0 Å². The summed E-state index contributed by atoms with van der Waals surface area (Å²) in [6, 6.07) is 2.31. The normalized spacial score (nSPS) is 21.2. The van der Waals surface area contributed by atoms with E-state index >= 15 is 0 Å². The fraction of sp³-hybridized carbons (Fsp3) is 0.545. The van der Waals surface area contributed by atoms with Gasteiger partial charge in [-0.15, -0.1) is 0 Å². The lowest BCUT2D eigenvalue weighted by Crippen LogP contribution is -2.20. The number of nitrogens with zero attached hydrogens (tertiary/aromatic N) is 1. The van der Waals surface area contributed by atoms with Crippen molar-refractivity contribution in [3.63, 3.8) is 0 Å². The van der Waals surface area contributed by atoms with Crippen LogP contribution in [0, 0.1) is 12.3 Å². The average molecular weight is 176 g/mol. The van der Waals surface area contributed by atoms with E-state index in [0.717, 1.165) is 0 Å². The number of aryl methyl sites for hydroxylation is 1. The maximum atomic E-state index is 6.16. The van der Waals surface area contributed by atoms with Crippen LogP contribution in [0.4, 0.5) is 0 Å². The fourth-order valence-electron chi connectivity index (χ4n) is 1.66. The third kappa shape index (κ3) is 1.59. The molecule has 1 atom stereocenters. The molecule has 2 heteroatoms. The van der Waals surface area contributed by atoms with Crippen molar-refractivity contribution < 1.29 is 0 Å². The first-order valence-corrected chi connectivity index (χ1v) is 4.79. The number of rotatable bonds is 2. The summed E-state index contributed by atoms with van der Waals surface area (Å²) in [7, 11) is 0. The highest BCUT2D eigenvalue weighted by atomic mass is 14.7. The molecular formula is C11H16N2. The third-order valence-corrected chi connectivity index (χ3v) is 3.04. The third-order valence-electron chi connectivity index (χ3n) is 3.04. The standard InChI is InChI=1S/C11H16N2/c1-8-5-9(7-13-6-8)10(12)11(2)3-4-11/h5-7,10H,3-4,12H2,1-2H3. The van der Waals surface area contributed by atoms with Gasteiger partial charge in [0.15, 0.2) is 0 Å². The zero-order valence-corrected chi connectivity index (χ0v) is 8.25. The lowest BCUT2D eigenvalue weighted by molar-refractivity contribution is 0.450. The minimum atomic E-state index is 0.167. The van der Waals surface area contributed by atoms with Crippen LogP contribution in [0.5, 0.6) is 0 Å². The van der Waals surface area contributed by atoms with E-state index in [1.807, 2.05) is 12.4 Å². The molecule has 0 radical (unpaired) electrons. The molecule has 0 spiro atoms. The van der Waals surface area contributed by atoms with Gasteiger partial charge in [0.05, 0.1) is 0 Å². The zero-order chi connectivity index (χ0) is 9.47. The summed E-state index contributed by atoms with van der Waals surface area (Å²) in [4.78, 5) is 4.17. The summed E-state index contributed by atoms with van der Waals surface area (Å²) in [6.07, 6.45) is 6.26. The zero-order valence-electron chi connectivity index (χ0n) is 8.25. The van der Waals surface area contributed by atoms with Gasteiger partial charge in [0.2, 0.25) is 0 Å². The van der Waals surface area contributed by atoms with E-state index in [1.165, 1.54) is 24.0 Å². The second-order valence-corrected chi connectivity index (χ2v) is 4.43. The number of pyridine rings is 1. The first kappa shape index (κ1) is 8.70. The highest BCUT2D eigenvalue weighted by molar-refractivity contribution is 5.23. The van der Waals surface area contributed by atoms with Gasteiger partial charge in [0, 0.05) is 18.4 Å². The van der Waals surface area contributed by atoms with E-state index in [4.69, 9.17) is 5.73 Å². The Hall–Kier alpha value is -0.890. The summed E-state index contributed by atoms with van der Waals surface area (Å²) in [5, 5.41) is 0. The van der Waals surface area contributed by atoms with Crippen LogP contribution in [0.2, 0.25) is 0 Å². The van der Waals surface area contributed by atoms with E-state index in [1.54, 1.807) is 0 Å². The molecule has 0 bridgehead atoms. The van der Waals surface area contributed by atoms with Crippen molar-refractivity contribution in [1.82, 2.24) is 4.98 Å². The molecule has 1 aliphatic rings. The molecule has 2 rings (SSSR count).